The number of nitrogens with one attached hydrogen (secondary N) is 2. The fraction of sp³-hybridized carbons (Fsp3) is 0.423. The smallest absolute Gasteiger partial charge is 0.407 e. The van der Waals surface area contributed by atoms with E-state index < -0.39 is 12.1 Å². The van der Waals surface area contributed by atoms with Crippen LogP contribution < -0.4 is 10.6 Å². The Hall–Kier alpha value is -3.35. The van der Waals surface area contributed by atoms with Crippen LogP contribution in [0.5, 0.6) is 0 Å². The number of fused-ring (bicyclic) bond motifs is 3. The Kier molecular flexibility index (Phi) is 8.87. The number of alkyl carbamates (subject to hydrolysis) is 1. The van der Waals surface area contributed by atoms with Crippen LogP contribution in [0.3, 0.4) is 0 Å². The van der Waals surface area contributed by atoms with Crippen molar-refractivity contribution in [2.75, 3.05) is 13.2 Å². The Balaban J connectivity index is 1.36. The molecule has 2 amide bonds. The number of amides is 2. The number of carboxylic acid groups (broad SMARTS) is 1. The molecule has 0 aromatic heterocycles. The molecule has 0 fully saturated rings. The van der Waals surface area contributed by atoms with Gasteiger partial charge in [-0.2, -0.15) is 0 Å². The van der Waals surface area contributed by atoms with E-state index in [2.05, 4.69) is 34.9 Å². The van der Waals surface area contributed by atoms with Crippen molar-refractivity contribution in [2.24, 2.45) is 0 Å². The Morgan fingerprint density at radius 2 is 1.55 bits per heavy atom. The van der Waals surface area contributed by atoms with Gasteiger partial charge in [0.25, 0.3) is 0 Å². The van der Waals surface area contributed by atoms with Gasteiger partial charge in [0.2, 0.25) is 5.91 Å². The second-order valence-electron chi connectivity index (χ2n) is 8.48. The van der Waals surface area contributed by atoms with Crippen LogP contribution >= 0.6 is 0 Å². The number of rotatable bonds is 12. The molecule has 7 nitrogen and oxygen atoms in total. The van der Waals surface area contributed by atoms with Gasteiger partial charge in [0, 0.05) is 31.3 Å². The third kappa shape index (κ3) is 7.07. The van der Waals surface area contributed by atoms with E-state index in [1.807, 2.05) is 24.3 Å². The summed E-state index contributed by atoms with van der Waals surface area (Å²) in [7, 11) is 0. The lowest BCUT2D eigenvalue weighted by Crippen LogP contribution is -2.38. The molecule has 3 N–H and O–H groups in total. The number of carbonyl (C=O) groups is 3. The molecule has 1 aliphatic rings. The molecular formula is C26H32N2O5. The molecule has 176 valence electrons. The predicted octanol–water partition coefficient (Wildman–Crippen LogP) is 4.46. The monoisotopic (exact) mass is 452 g/mol. The molecule has 0 saturated heterocycles. The van der Waals surface area contributed by atoms with Gasteiger partial charge in [-0.15, -0.1) is 0 Å². The fourth-order valence-electron chi connectivity index (χ4n) is 4.23. The number of hydrogen-bond acceptors (Lipinski definition) is 4. The SMILES string of the molecule is C[C@H](CC(=O)NCCCCCCC(=O)O)NC(=O)OCC1c2ccccc2-c2ccccc21. The van der Waals surface area contributed by atoms with Crippen LogP contribution in [-0.4, -0.2) is 42.3 Å². The Morgan fingerprint density at radius 1 is 0.939 bits per heavy atom. The first-order chi connectivity index (χ1) is 16.0. The molecule has 0 bridgehead atoms. The summed E-state index contributed by atoms with van der Waals surface area (Å²) >= 11 is 0. The maximum atomic E-state index is 12.3. The zero-order valence-electron chi connectivity index (χ0n) is 19.0. The number of carbonyl (C=O) groups excluding carboxylic acids is 2. The minimum absolute atomic E-state index is 0.00254. The number of hydrogen-bond donors (Lipinski definition) is 3. The molecule has 0 spiro atoms. The second-order valence-corrected chi connectivity index (χ2v) is 8.48. The first kappa shape index (κ1) is 24.3. The van der Waals surface area contributed by atoms with E-state index in [9.17, 15) is 14.4 Å². The maximum Gasteiger partial charge on any atom is 0.407 e. The molecular weight excluding hydrogens is 420 g/mol. The molecule has 3 rings (SSSR count). The summed E-state index contributed by atoms with van der Waals surface area (Å²) < 4.78 is 5.52. The van der Waals surface area contributed by atoms with Crippen molar-refractivity contribution >= 4 is 18.0 Å². The van der Waals surface area contributed by atoms with E-state index in [4.69, 9.17) is 9.84 Å². The van der Waals surface area contributed by atoms with E-state index >= 15 is 0 Å². The summed E-state index contributed by atoms with van der Waals surface area (Å²) in [6, 6.07) is 16.0. The van der Waals surface area contributed by atoms with Gasteiger partial charge in [-0.05, 0) is 42.0 Å². The fourth-order valence-corrected chi connectivity index (χ4v) is 4.23. The normalized spacial score (nSPS) is 13.0. The van der Waals surface area contributed by atoms with E-state index in [1.54, 1.807) is 6.92 Å². The van der Waals surface area contributed by atoms with Crippen LogP contribution in [0.4, 0.5) is 4.79 Å². The van der Waals surface area contributed by atoms with Crippen molar-refractivity contribution in [3.8, 4) is 11.1 Å². The van der Waals surface area contributed by atoms with Crippen molar-refractivity contribution in [3.63, 3.8) is 0 Å². The van der Waals surface area contributed by atoms with Gasteiger partial charge in [-0.3, -0.25) is 9.59 Å². The topological polar surface area (TPSA) is 105 Å². The number of benzene rings is 2. The van der Waals surface area contributed by atoms with Crippen LogP contribution in [0.15, 0.2) is 48.5 Å². The molecule has 0 radical (unpaired) electrons. The lowest BCUT2D eigenvalue weighted by atomic mass is 9.98. The second kappa shape index (κ2) is 12.0. The van der Waals surface area contributed by atoms with Gasteiger partial charge >= 0.3 is 12.1 Å². The van der Waals surface area contributed by atoms with Gasteiger partial charge in [-0.25, -0.2) is 4.79 Å². The van der Waals surface area contributed by atoms with Crippen LogP contribution in [0.2, 0.25) is 0 Å². The molecule has 0 heterocycles. The molecule has 2 aromatic rings. The molecule has 1 aliphatic carbocycles. The van der Waals surface area contributed by atoms with Crippen molar-refractivity contribution in [1.82, 2.24) is 10.6 Å². The largest absolute Gasteiger partial charge is 0.481 e. The number of aliphatic carboxylic acids is 1. The average Bonchev–Trinajstić information content (AvgIpc) is 3.10. The van der Waals surface area contributed by atoms with Gasteiger partial charge < -0.3 is 20.5 Å². The highest BCUT2D eigenvalue weighted by atomic mass is 16.5. The molecule has 7 heteroatoms. The van der Waals surface area contributed by atoms with Crippen molar-refractivity contribution < 1.29 is 24.2 Å². The van der Waals surface area contributed by atoms with E-state index in [1.165, 1.54) is 11.1 Å². The summed E-state index contributed by atoms with van der Waals surface area (Å²) in [4.78, 5) is 34.9. The molecule has 2 aromatic carbocycles. The Bertz CT molecular complexity index is 929. The quantitative estimate of drug-likeness (QED) is 0.413. The Labute approximate surface area is 194 Å². The first-order valence-electron chi connectivity index (χ1n) is 11.6. The average molecular weight is 453 g/mol. The lowest BCUT2D eigenvalue weighted by Gasteiger charge is -2.17. The van der Waals surface area contributed by atoms with Gasteiger partial charge in [0.15, 0.2) is 0 Å². The number of ether oxygens (including phenoxy) is 1. The summed E-state index contributed by atoms with van der Waals surface area (Å²) in [5.74, 6) is -0.912. The standard InChI is InChI=1S/C26H32N2O5/c1-18(16-24(29)27-15-9-3-2-4-14-25(30)31)28-26(32)33-17-23-21-12-7-5-10-19(21)20-11-6-8-13-22(20)23/h5-8,10-13,18,23H,2-4,9,14-17H2,1H3,(H,27,29)(H,28,32)(H,30,31)/t18-/m1/s1. The third-order valence-corrected chi connectivity index (χ3v) is 5.84. The lowest BCUT2D eigenvalue weighted by molar-refractivity contribution is -0.137. The summed E-state index contributed by atoms with van der Waals surface area (Å²) in [5, 5.41) is 14.2. The minimum Gasteiger partial charge on any atom is -0.481 e. The Morgan fingerprint density at radius 3 is 2.18 bits per heavy atom. The van der Waals surface area contributed by atoms with Gasteiger partial charge in [-0.1, -0.05) is 61.4 Å². The zero-order valence-corrected chi connectivity index (χ0v) is 19.0. The molecule has 1 atom stereocenters. The van der Waals surface area contributed by atoms with Gasteiger partial charge in [0.05, 0.1) is 0 Å². The van der Waals surface area contributed by atoms with E-state index in [0.717, 1.165) is 30.4 Å². The van der Waals surface area contributed by atoms with E-state index in [-0.39, 0.29) is 37.3 Å². The predicted molar refractivity (Wildman–Crippen MR) is 126 cm³/mol. The van der Waals surface area contributed by atoms with Crippen molar-refractivity contribution in [1.29, 1.82) is 0 Å². The zero-order chi connectivity index (χ0) is 23.6. The molecule has 33 heavy (non-hydrogen) atoms. The summed E-state index contributed by atoms with van der Waals surface area (Å²) in [6.45, 7) is 2.55. The maximum absolute atomic E-state index is 12.3. The number of unbranched alkanes of at least 4 members (excludes halogenated alkanes) is 3. The van der Waals surface area contributed by atoms with Crippen molar-refractivity contribution in [3.05, 3.63) is 59.7 Å². The van der Waals surface area contributed by atoms with E-state index in [0.29, 0.717) is 13.0 Å². The molecule has 0 unspecified atom stereocenters. The van der Waals surface area contributed by atoms with Crippen LogP contribution in [0.25, 0.3) is 11.1 Å². The highest BCUT2D eigenvalue weighted by Crippen LogP contribution is 2.44. The minimum atomic E-state index is -0.777. The highest BCUT2D eigenvalue weighted by Gasteiger charge is 2.29. The van der Waals surface area contributed by atoms with Crippen LogP contribution in [-0.2, 0) is 14.3 Å². The highest BCUT2D eigenvalue weighted by molar-refractivity contribution is 5.79. The van der Waals surface area contributed by atoms with Crippen LogP contribution in [0, 0.1) is 0 Å². The van der Waals surface area contributed by atoms with Crippen LogP contribution in [0.1, 0.15) is 62.5 Å². The van der Waals surface area contributed by atoms with Crippen molar-refractivity contribution in [2.45, 2.75) is 57.4 Å². The summed E-state index contributed by atoms with van der Waals surface area (Å²) in [6.07, 6.45) is 3.00. The molecule has 0 aliphatic heterocycles. The molecule has 0 saturated carbocycles. The third-order valence-electron chi connectivity index (χ3n) is 5.84. The number of carboxylic acids is 1. The first-order valence-corrected chi connectivity index (χ1v) is 11.6. The summed E-state index contributed by atoms with van der Waals surface area (Å²) in [5.41, 5.74) is 4.66. The van der Waals surface area contributed by atoms with Gasteiger partial charge in [0.1, 0.15) is 6.61 Å².